The molecule has 0 aromatic heterocycles. The highest BCUT2D eigenvalue weighted by atomic mass is 16.7. The second kappa shape index (κ2) is 59.5. The molecule has 1 fully saturated rings. The molecule has 9 nitrogen and oxygen atoms in total. The van der Waals surface area contributed by atoms with Crippen LogP contribution >= 0.6 is 0 Å². The van der Waals surface area contributed by atoms with E-state index in [1.165, 1.54) is 186 Å². The van der Waals surface area contributed by atoms with Crippen molar-refractivity contribution in [2.24, 2.45) is 0 Å². The second-order valence-electron chi connectivity index (χ2n) is 23.2. The lowest BCUT2D eigenvalue weighted by molar-refractivity contribution is -0.302. The Labute approximate surface area is 492 Å². The third-order valence-corrected chi connectivity index (χ3v) is 15.8. The SMILES string of the molecule is CC/C=C\C/C=C\C/C=C\C/C=C\C/C=C\C/C=C\C/C=C\CCCCCCCCCCCCCC(=O)NC(COC1OC(CO)C(O)C(O)C1O)C(O)CCCCCCCCCCCCCCCCCCCCCCCCCC. The number of hydrogen-bond donors (Lipinski definition) is 6. The molecule has 1 amide bonds. The predicted octanol–water partition coefficient (Wildman–Crippen LogP) is 18.1. The first-order valence-corrected chi connectivity index (χ1v) is 33.8. The maximum absolute atomic E-state index is 13.1. The average molecular weight is 1120 g/mol. The Morgan fingerprint density at radius 3 is 1.15 bits per heavy atom. The molecule has 9 heteroatoms. The summed E-state index contributed by atoms with van der Waals surface area (Å²) in [7, 11) is 0. The lowest BCUT2D eigenvalue weighted by Gasteiger charge is -2.40. The number of aliphatic hydroxyl groups is 5. The first-order valence-electron chi connectivity index (χ1n) is 33.8. The Bertz CT molecular complexity index is 1540. The van der Waals surface area contributed by atoms with Crippen LogP contribution in [-0.4, -0.2) is 87.5 Å². The van der Waals surface area contributed by atoms with Gasteiger partial charge in [0, 0.05) is 6.42 Å². The lowest BCUT2D eigenvalue weighted by atomic mass is 9.99. The average Bonchev–Trinajstić information content (AvgIpc) is 3.46. The van der Waals surface area contributed by atoms with E-state index in [-0.39, 0.29) is 12.5 Å². The Morgan fingerprint density at radius 1 is 0.438 bits per heavy atom. The summed E-state index contributed by atoms with van der Waals surface area (Å²) in [5.41, 5.74) is 0. The number of hydrogen-bond acceptors (Lipinski definition) is 8. The van der Waals surface area contributed by atoms with E-state index in [9.17, 15) is 30.3 Å². The molecule has 0 aromatic carbocycles. The zero-order valence-corrected chi connectivity index (χ0v) is 51.8. The van der Waals surface area contributed by atoms with Gasteiger partial charge in [0.1, 0.15) is 24.4 Å². The van der Waals surface area contributed by atoms with Gasteiger partial charge in [-0.15, -0.1) is 0 Å². The van der Waals surface area contributed by atoms with E-state index < -0.39 is 49.5 Å². The summed E-state index contributed by atoms with van der Waals surface area (Å²) in [6.45, 7) is 3.75. The zero-order valence-electron chi connectivity index (χ0n) is 51.8. The molecule has 0 spiro atoms. The summed E-state index contributed by atoms with van der Waals surface area (Å²) < 4.78 is 11.4. The summed E-state index contributed by atoms with van der Waals surface area (Å²) in [5.74, 6) is -0.147. The number of ether oxygens (including phenoxy) is 2. The van der Waals surface area contributed by atoms with Gasteiger partial charge in [-0.1, -0.05) is 311 Å². The van der Waals surface area contributed by atoms with Gasteiger partial charge in [-0.25, -0.2) is 0 Å². The standard InChI is InChI=1S/C71H127NO8/c1-3-5-7-9-11-13-15-17-19-21-23-25-27-29-30-31-32-33-34-35-36-37-39-41-43-45-47-49-51-53-55-57-59-61-67(75)72-64(63-79-71-70(78)69(77)68(76)66(62-73)80-71)65(74)60-58-56-54-52-50-48-46-44-42-40-38-28-26-24-22-20-18-16-14-12-10-8-6-4-2/h5,7,11,13,17,19,23,25,29-30,32-33,35-36,64-66,68-71,73-74,76-78H,3-4,6,8-10,12,14-16,18,20-22,24,26-28,31,34,37-63H2,1-2H3,(H,72,75)/b7-5-,13-11-,19-17-,25-23-,30-29-,33-32-,36-35-. The molecule has 6 N–H and O–H groups in total. The molecule has 1 heterocycles. The van der Waals surface area contributed by atoms with Crippen LogP contribution in [0.3, 0.4) is 0 Å². The summed E-state index contributed by atoms with van der Waals surface area (Å²) in [6.07, 6.45) is 77.7. The molecule has 464 valence electrons. The van der Waals surface area contributed by atoms with Crippen LogP contribution in [0, 0.1) is 0 Å². The fraction of sp³-hybridized carbons (Fsp3) is 0.789. The van der Waals surface area contributed by atoms with E-state index in [1.54, 1.807) is 0 Å². The van der Waals surface area contributed by atoms with Gasteiger partial charge in [0.05, 0.1) is 25.4 Å². The Balaban J connectivity index is 2.15. The van der Waals surface area contributed by atoms with Gasteiger partial charge >= 0.3 is 0 Å². The van der Waals surface area contributed by atoms with Crippen molar-refractivity contribution in [2.75, 3.05) is 13.2 Å². The third kappa shape index (κ3) is 47.8. The Kier molecular flexibility index (Phi) is 56.1. The molecular weight excluding hydrogens is 995 g/mol. The second-order valence-corrected chi connectivity index (χ2v) is 23.2. The number of aliphatic hydroxyl groups excluding tert-OH is 5. The number of carbonyl (C=O) groups is 1. The quantitative estimate of drug-likeness (QED) is 0.0261. The first-order chi connectivity index (χ1) is 39.3. The summed E-state index contributed by atoms with van der Waals surface area (Å²) in [6, 6.07) is -0.727. The van der Waals surface area contributed by atoms with E-state index >= 15 is 0 Å². The summed E-state index contributed by atoms with van der Waals surface area (Å²) >= 11 is 0. The monoisotopic (exact) mass is 1120 g/mol. The molecule has 0 bridgehead atoms. The zero-order chi connectivity index (χ0) is 57.9. The van der Waals surface area contributed by atoms with Crippen LogP contribution < -0.4 is 5.32 Å². The highest BCUT2D eigenvalue weighted by Crippen LogP contribution is 2.23. The number of nitrogens with one attached hydrogen (secondary N) is 1. The highest BCUT2D eigenvalue weighted by Gasteiger charge is 2.44. The fourth-order valence-corrected chi connectivity index (χ4v) is 10.5. The summed E-state index contributed by atoms with van der Waals surface area (Å²) in [5, 5.41) is 54.9. The molecular formula is C71H127NO8. The van der Waals surface area contributed by atoms with Crippen LogP contribution in [0.5, 0.6) is 0 Å². The predicted molar refractivity (Wildman–Crippen MR) is 341 cm³/mol. The molecule has 7 atom stereocenters. The molecule has 1 rings (SSSR count). The minimum Gasteiger partial charge on any atom is -0.394 e. The maximum Gasteiger partial charge on any atom is 0.220 e. The van der Waals surface area contributed by atoms with Crippen LogP contribution in [-0.2, 0) is 14.3 Å². The van der Waals surface area contributed by atoms with Crippen molar-refractivity contribution in [3.63, 3.8) is 0 Å². The number of unbranched alkanes of at least 4 members (excludes halogenated alkanes) is 34. The Hall–Kier alpha value is -2.63. The van der Waals surface area contributed by atoms with Crippen molar-refractivity contribution in [2.45, 2.75) is 346 Å². The first kappa shape index (κ1) is 75.4. The van der Waals surface area contributed by atoms with E-state index in [0.717, 1.165) is 89.9 Å². The van der Waals surface area contributed by atoms with Gasteiger partial charge in [0.25, 0.3) is 0 Å². The van der Waals surface area contributed by atoms with Gasteiger partial charge in [0.2, 0.25) is 5.91 Å². The highest BCUT2D eigenvalue weighted by molar-refractivity contribution is 5.76. The molecule has 7 unspecified atom stereocenters. The van der Waals surface area contributed by atoms with Crippen LogP contribution in [0.25, 0.3) is 0 Å². The minimum atomic E-state index is -1.56. The van der Waals surface area contributed by atoms with Gasteiger partial charge in [-0.05, 0) is 70.6 Å². The molecule has 0 aromatic rings. The van der Waals surface area contributed by atoms with E-state index in [0.29, 0.717) is 12.8 Å². The van der Waals surface area contributed by atoms with Gasteiger partial charge in [-0.2, -0.15) is 0 Å². The smallest absolute Gasteiger partial charge is 0.220 e. The van der Waals surface area contributed by atoms with Crippen molar-refractivity contribution >= 4 is 5.91 Å². The Morgan fingerprint density at radius 2 is 0.775 bits per heavy atom. The number of amides is 1. The molecule has 0 aliphatic carbocycles. The normalized spacial score (nSPS) is 19.0. The van der Waals surface area contributed by atoms with Crippen molar-refractivity contribution < 1.29 is 39.8 Å². The molecule has 80 heavy (non-hydrogen) atoms. The van der Waals surface area contributed by atoms with Crippen LogP contribution in [0.15, 0.2) is 85.1 Å². The topological polar surface area (TPSA) is 149 Å². The number of allylic oxidation sites excluding steroid dienone is 14. The van der Waals surface area contributed by atoms with Gasteiger partial charge in [-0.3, -0.25) is 4.79 Å². The van der Waals surface area contributed by atoms with E-state index in [4.69, 9.17) is 9.47 Å². The lowest BCUT2D eigenvalue weighted by Crippen LogP contribution is -2.60. The molecule has 1 saturated heterocycles. The van der Waals surface area contributed by atoms with Crippen molar-refractivity contribution in [3.8, 4) is 0 Å². The third-order valence-electron chi connectivity index (χ3n) is 15.8. The van der Waals surface area contributed by atoms with Crippen LogP contribution in [0.2, 0.25) is 0 Å². The van der Waals surface area contributed by atoms with Crippen molar-refractivity contribution in [3.05, 3.63) is 85.1 Å². The fourth-order valence-electron chi connectivity index (χ4n) is 10.5. The molecule has 1 aliphatic rings. The number of rotatable bonds is 58. The van der Waals surface area contributed by atoms with E-state index in [2.05, 4.69) is 104 Å². The van der Waals surface area contributed by atoms with Crippen molar-refractivity contribution in [1.82, 2.24) is 5.32 Å². The van der Waals surface area contributed by atoms with Gasteiger partial charge < -0.3 is 40.3 Å². The molecule has 1 aliphatic heterocycles. The summed E-state index contributed by atoms with van der Waals surface area (Å²) in [4.78, 5) is 13.1. The minimum absolute atomic E-state index is 0.141. The van der Waals surface area contributed by atoms with Crippen LogP contribution in [0.1, 0.15) is 303 Å². The molecule has 0 radical (unpaired) electrons. The number of carbonyl (C=O) groups excluding carboxylic acids is 1. The maximum atomic E-state index is 13.1. The van der Waals surface area contributed by atoms with Gasteiger partial charge in [0.15, 0.2) is 6.29 Å². The van der Waals surface area contributed by atoms with E-state index in [1.807, 2.05) is 0 Å². The molecule has 0 saturated carbocycles. The van der Waals surface area contributed by atoms with Crippen molar-refractivity contribution in [1.29, 1.82) is 0 Å². The largest absolute Gasteiger partial charge is 0.394 e. The van der Waals surface area contributed by atoms with Crippen LogP contribution in [0.4, 0.5) is 0 Å².